The minimum Gasteiger partial charge on any atom is -0.508 e. The highest BCUT2D eigenvalue weighted by Crippen LogP contribution is 2.27. The first-order valence-electron chi connectivity index (χ1n) is 17.5. The summed E-state index contributed by atoms with van der Waals surface area (Å²) in [6.45, 7) is 19.6. The summed E-state index contributed by atoms with van der Waals surface area (Å²) in [4.78, 5) is 11.0. The zero-order valence-electron chi connectivity index (χ0n) is 31.8. The van der Waals surface area contributed by atoms with Gasteiger partial charge >= 0.3 is 5.97 Å². The van der Waals surface area contributed by atoms with Gasteiger partial charge in [0.25, 0.3) is 0 Å². The summed E-state index contributed by atoms with van der Waals surface area (Å²) < 4.78 is 4.86. The summed E-state index contributed by atoms with van der Waals surface area (Å²) in [5, 5.41) is 49.6. The van der Waals surface area contributed by atoms with Crippen LogP contribution in [-0.4, -0.2) is 31.5 Å². The third-order valence-corrected chi connectivity index (χ3v) is 7.85. The number of hydrogen-bond acceptors (Lipinski definition) is 7. The Morgan fingerprint density at radius 3 is 1.60 bits per heavy atom. The molecule has 0 unspecified atom stereocenters. The van der Waals surface area contributed by atoms with Crippen molar-refractivity contribution >= 4 is 51.8 Å². The van der Waals surface area contributed by atoms with E-state index in [0.717, 1.165) is 43.8 Å². The van der Waals surface area contributed by atoms with Crippen LogP contribution in [0.1, 0.15) is 29.2 Å². The molecule has 7 rings (SSSR count). The van der Waals surface area contributed by atoms with E-state index in [2.05, 4.69) is 32.9 Å². The van der Waals surface area contributed by atoms with E-state index in [-0.39, 0.29) is 11.5 Å². The molecule has 0 radical (unpaired) electrons. The lowest BCUT2D eigenvalue weighted by atomic mass is 10.0. The Morgan fingerprint density at radius 2 is 1.00 bits per heavy atom. The summed E-state index contributed by atoms with van der Waals surface area (Å²) in [5.74, 6) is 1.08. The van der Waals surface area contributed by atoms with Crippen molar-refractivity contribution < 1.29 is 35.1 Å². The molecule has 0 spiro atoms. The van der Waals surface area contributed by atoms with Crippen molar-refractivity contribution in [3.63, 3.8) is 0 Å². The van der Waals surface area contributed by atoms with E-state index in [0.29, 0.717) is 28.6 Å². The molecule has 0 aliphatic rings. The summed E-state index contributed by atoms with van der Waals surface area (Å²) in [6.07, 6.45) is 7.03. The van der Waals surface area contributed by atoms with Gasteiger partial charge in [-0.2, -0.15) is 0 Å². The van der Waals surface area contributed by atoms with Gasteiger partial charge in [0, 0.05) is 17.0 Å². The molecular weight excluding hydrogens is 713 g/mol. The van der Waals surface area contributed by atoms with Crippen molar-refractivity contribution in [2.24, 2.45) is 0 Å². The van der Waals surface area contributed by atoms with Crippen LogP contribution in [-0.2, 0) is 4.79 Å². The molecule has 288 valence electrons. The molecule has 0 atom stereocenters. The van der Waals surface area contributed by atoms with Gasteiger partial charge in [-0.15, -0.1) is 0 Å². The maximum Gasteiger partial charge on any atom is 0.338 e. The van der Waals surface area contributed by atoms with E-state index in [1.165, 1.54) is 12.1 Å². The predicted octanol–water partition coefficient (Wildman–Crippen LogP) is 12.3. The lowest BCUT2D eigenvalue weighted by molar-refractivity contribution is -0.130. The molecule has 0 bridgehead atoms. The Morgan fingerprint density at radius 1 is 0.491 bits per heavy atom. The van der Waals surface area contributed by atoms with Gasteiger partial charge in [0.2, 0.25) is 0 Å². The van der Waals surface area contributed by atoms with E-state index < -0.39 is 5.97 Å². The molecule has 0 aromatic heterocycles. The second kappa shape index (κ2) is 22.4. The fourth-order valence-electron chi connectivity index (χ4n) is 4.88. The number of aromatic hydroxyl groups is 5. The third kappa shape index (κ3) is 14.5. The first-order chi connectivity index (χ1) is 27.4. The van der Waals surface area contributed by atoms with Gasteiger partial charge in [-0.3, -0.25) is 0 Å². The molecule has 0 fully saturated rings. The van der Waals surface area contributed by atoms with Crippen LogP contribution in [0.25, 0.3) is 45.8 Å². The van der Waals surface area contributed by atoms with E-state index in [1.807, 2.05) is 78.9 Å². The van der Waals surface area contributed by atoms with Gasteiger partial charge in [0.05, 0.1) is 0 Å². The quantitative estimate of drug-likeness (QED) is 0.0649. The molecule has 7 aromatic rings. The Hall–Kier alpha value is -7.77. The summed E-state index contributed by atoms with van der Waals surface area (Å²) >= 11 is 0. The van der Waals surface area contributed by atoms with Crippen molar-refractivity contribution in [2.45, 2.75) is 6.92 Å². The fourth-order valence-corrected chi connectivity index (χ4v) is 4.88. The van der Waals surface area contributed by atoms with Crippen LogP contribution in [0.15, 0.2) is 184 Å². The third-order valence-electron chi connectivity index (χ3n) is 7.85. The van der Waals surface area contributed by atoms with Crippen molar-refractivity contribution in [2.75, 3.05) is 0 Å². The zero-order valence-corrected chi connectivity index (χ0v) is 31.8. The van der Waals surface area contributed by atoms with Crippen LogP contribution in [0.3, 0.4) is 0 Å². The normalized spacial score (nSPS) is 9.56. The molecule has 7 nitrogen and oxygen atoms in total. The SMILES string of the molecule is C=C(C)C(=O)Oc1cccc(O)c1.C=Cc1ccc(O)cc1.C=Cc1ccc2cc(O)ccc2c1.C=Cc1cccc(O)c1.C=Cc1cccc2c(O)cccc12. The van der Waals surface area contributed by atoms with E-state index in [4.69, 9.17) is 20.1 Å². The Balaban J connectivity index is 0.000000193. The lowest BCUT2D eigenvalue weighted by Gasteiger charge is -2.02. The van der Waals surface area contributed by atoms with Crippen LogP contribution >= 0.6 is 0 Å². The number of phenolic OH excluding ortho intramolecular Hbond substituents is 5. The minimum atomic E-state index is -0.495. The standard InChI is InChI=1S/2C12H10O.C10H10O3.2C8H8O/c1-2-9-5-3-7-11-10(9)6-4-8-12(11)13;1-2-9-3-4-11-8-12(13)6-5-10(11)7-9;1-7(2)10(12)13-9-5-3-4-8(11)6-9;1-2-7-3-5-8(9)6-4-7;1-2-7-4-3-5-8(9)6-7/h2*2-8,13H,1H2;3-6,11H,1H2,2H3;2*2-6,9H,1H2. The van der Waals surface area contributed by atoms with Gasteiger partial charge in [0.15, 0.2) is 0 Å². The first kappa shape index (κ1) is 43.6. The molecule has 0 amide bonds. The highest BCUT2D eigenvalue weighted by atomic mass is 16.5. The molecule has 0 heterocycles. The fraction of sp³-hybridized carbons (Fsp3) is 0.0200. The number of carbonyl (C=O) groups excluding carboxylic acids is 1. The second-order valence-corrected chi connectivity index (χ2v) is 12.2. The smallest absolute Gasteiger partial charge is 0.338 e. The van der Waals surface area contributed by atoms with Gasteiger partial charge in [-0.1, -0.05) is 136 Å². The van der Waals surface area contributed by atoms with Crippen molar-refractivity contribution in [1.82, 2.24) is 0 Å². The molecule has 7 heteroatoms. The van der Waals surface area contributed by atoms with Gasteiger partial charge in [-0.25, -0.2) is 4.79 Å². The minimum absolute atomic E-state index is 0.0621. The average Bonchev–Trinajstić information content (AvgIpc) is 3.22. The molecular formula is C50H46O7. The number of fused-ring (bicyclic) bond motifs is 2. The molecule has 7 aromatic carbocycles. The second-order valence-electron chi connectivity index (χ2n) is 12.2. The van der Waals surface area contributed by atoms with Crippen molar-refractivity contribution in [3.8, 4) is 34.5 Å². The maximum atomic E-state index is 11.0. The number of ether oxygens (including phenoxy) is 1. The zero-order chi connectivity index (χ0) is 41.7. The average molecular weight is 759 g/mol. The largest absolute Gasteiger partial charge is 0.508 e. The number of carbonyl (C=O) groups is 1. The Kier molecular flexibility index (Phi) is 17.2. The van der Waals surface area contributed by atoms with E-state index in [9.17, 15) is 15.0 Å². The van der Waals surface area contributed by atoms with E-state index in [1.54, 1.807) is 85.8 Å². The predicted molar refractivity (Wildman–Crippen MR) is 236 cm³/mol. The molecule has 0 aliphatic heterocycles. The van der Waals surface area contributed by atoms with Crippen molar-refractivity contribution in [1.29, 1.82) is 0 Å². The van der Waals surface area contributed by atoms with Gasteiger partial charge in [0.1, 0.15) is 34.5 Å². The number of benzene rings is 7. The van der Waals surface area contributed by atoms with Crippen LogP contribution < -0.4 is 4.74 Å². The van der Waals surface area contributed by atoms with Gasteiger partial charge in [-0.05, 0) is 106 Å². The lowest BCUT2D eigenvalue weighted by Crippen LogP contribution is -2.07. The topological polar surface area (TPSA) is 127 Å². The van der Waals surface area contributed by atoms with Crippen LogP contribution in [0.4, 0.5) is 0 Å². The van der Waals surface area contributed by atoms with Crippen LogP contribution in [0.5, 0.6) is 34.5 Å². The molecule has 5 N–H and O–H groups in total. The first-order valence-corrected chi connectivity index (χ1v) is 17.5. The molecule has 0 aliphatic carbocycles. The van der Waals surface area contributed by atoms with Crippen LogP contribution in [0.2, 0.25) is 0 Å². The highest BCUT2D eigenvalue weighted by Gasteiger charge is 2.05. The Labute approximate surface area is 333 Å². The van der Waals surface area contributed by atoms with Gasteiger partial charge < -0.3 is 30.3 Å². The van der Waals surface area contributed by atoms with Crippen molar-refractivity contribution in [3.05, 3.63) is 206 Å². The summed E-state index contributed by atoms with van der Waals surface area (Å²) in [5.41, 5.74) is 4.43. The summed E-state index contributed by atoms with van der Waals surface area (Å²) in [7, 11) is 0. The molecule has 57 heavy (non-hydrogen) atoms. The number of esters is 1. The van der Waals surface area contributed by atoms with E-state index >= 15 is 0 Å². The monoisotopic (exact) mass is 758 g/mol. The highest BCUT2D eigenvalue weighted by molar-refractivity contribution is 5.94. The molecule has 0 saturated carbocycles. The summed E-state index contributed by atoms with van der Waals surface area (Å²) in [6, 6.07) is 42.5. The molecule has 0 saturated heterocycles. The Bertz CT molecular complexity index is 2460. The number of phenols is 5. The number of hydrogen-bond donors (Lipinski definition) is 5. The maximum absolute atomic E-state index is 11.0. The number of rotatable bonds is 6. The van der Waals surface area contributed by atoms with Crippen LogP contribution in [0, 0.1) is 0 Å².